The molecule has 0 aromatic carbocycles. The first kappa shape index (κ1) is 13.9. The van der Waals surface area contributed by atoms with Crippen LogP contribution in [-0.4, -0.2) is 48.8 Å². The molecular formula is C12H17N3O3S. The van der Waals surface area contributed by atoms with Crippen molar-refractivity contribution in [2.24, 2.45) is 7.05 Å². The molecule has 0 radical (unpaired) electrons. The molecule has 0 bridgehead atoms. The average molecular weight is 283 g/mol. The molecule has 1 aliphatic rings. The van der Waals surface area contributed by atoms with Crippen molar-refractivity contribution in [3.8, 4) is 0 Å². The molecule has 1 fully saturated rings. The molecule has 2 rings (SSSR count). The van der Waals surface area contributed by atoms with Gasteiger partial charge in [0.05, 0.1) is 16.6 Å². The van der Waals surface area contributed by atoms with Gasteiger partial charge in [0, 0.05) is 19.0 Å². The molecular weight excluding hydrogens is 266 g/mol. The highest BCUT2D eigenvalue weighted by molar-refractivity contribution is 8.00. The molecule has 1 aliphatic heterocycles. The molecule has 0 aliphatic carbocycles. The van der Waals surface area contributed by atoms with Gasteiger partial charge in [-0.15, -0.1) is 11.8 Å². The van der Waals surface area contributed by atoms with E-state index in [4.69, 9.17) is 0 Å². The normalized spacial score (nSPS) is 22.8. The highest BCUT2D eigenvalue weighted by Crippen LogP contribution is 2.33. The highest BCUT2D eigenvalue weighted by atomic mass is 32.2. The van der Waals surface area contributed by atoms with Crippen LogP contribution in [0.1, 0.15) is 29.4 Å². The summed E-state index contributed by atoms with van der Waals surface area (Å²) in [6.45, 7) is 3.71. The average Bonchev–Trinajstić information content (AvgIpc) is 2.91. The third kappa shape index (κ3) is 2.47. The number of nitrogens with zero attached hydrogens (tertiary/aromatic N) is 3. The fraction of sp³-hybridized carbons (Fsp3) is 0.583. The zero-order valence-corrected chi connectivity index (χ0v) is 12.0. The molecule has 1 saturated heterocycles. The predicted octanol–water partition coefficient (Wildman–Crippen LogP) is 1.11. The summed E-state index contributed by atoms with van der Waals surface area (Å²) in [4.78, 5) is 25.3. The lowest BCUT2D eigenvalue weighted by molar-refractivity contribution is -0.141. The summed E-state index contributed by atoms with van der Waals surface area (Å²) in [6, 6.07) is -0.748. The van der Waals surface area contributed by atoms with Crippen LogP contribution >= 0.6 is 11.8 Å². The Labute approximate surface area is 115 Å². The van der Waals surface area contributed by atoms with Crippen molar-refractivity contribution in [1.29, 1.82) is 0 Å². The lowest BCUT2D eigenvalue weighted by Gasteiger charge is -2.26. The Bertz CT molecular complexity index is 514. The van der Waals surface area contributed by atoms with Crippen molar-refractivity contribution in [2.45, 2.75) is 31.7 Å². The monoisotopic (exact) mass is 283 g/mol. The van der Waals surface area contributed by atoms with Crippen molar-refractivity contribution in [2.75, 3.05) is 5.75 Å². The number of rotatable bonds is 3. The molecule has 1 N–H and O–H groups in total. The maximum Gasteiger partial charge on any atom is 0.327 e. The van der Waals surface area contributed by atoms with Crippen LogP contribution in [0.15, 0.2) is 6.20 Å². The molecule has 1 amide bonds. The second-order valence-electron chi connectivity index (χ2n) is 4.56. The largest absolute Gasteiger partial charge is 0.480 e. The maximum atomic E-state index is 12.6. The number of carboxylic acids is 1. The Morgan fingerprint density at radius 1 is 1.58 bits per heavy atom. The molecule has 104 valence electrons. The third-order valence-corrected chi connectivity index (χ3v) is 4.66. The molecule has 7 heteroatoms. The van der Waals surface area contributed by atoms with Crippen LogP contribution in [0.25, 0.3) is 0 Å². The van der Waals surface area contributed by atoms with Gasteiger partial charge in [0.15, 0.2) is 0 Å². The van der Waals surface area contributed by atoms with E-state index in [0.717, 1.165) is 6.42 Å². The first-order valence-corrected chi connectivity index (χ1v) is 7.17. The Kier molecular flexibility index (Phi) is 3.84. The summed E-state index contributed by atoms with van der Waals surface area (Å²) in [5.41, 5.74) is 1.11. The smallest absolute Gasteiger partial charge is 0.327 e. The van der Waals surface area contributed by atoms with Crippen LogP contribution in [0, 0.1) is 6.92 Å². The molecule has 6 nitrogen and oxygen atoms in total. The number of aryl methyl sites for hydroxylation is 2. The van der Waals surface area contributed by atoms with E-state index >= 15 is 0 Å². The minimum atomic E-state index is -0.946. The number of carbonyl (C=O) groups is 2. The Hall–Kier alpha value is -1.50. The molecule has 0 spiro atoms. The van der Waals surface area contributed by atoms with Gasteiger partial charge in [-0.1, -0.05) is 6.92 Å². The van der Waals surface area contributed by atoms with Crippen LogP contribution < -0.4 is 0 Å². The minimum absolute atomic E-state index is 0.0757. The molecule has 2 atom stereocenters. The van der Waals surface area contributed by atoms with Gasteiger partial charge in [0.25, 0.3) is 5.91 Å². The minimum Gasteiger partial charge on any atom is -0.480 e. The van der Waals surface area contributed by atoms with Gasteiger partial charge in [0.2, 0.25) is 0 Å². The number of hydrogen-bond acceptors (Lipinski definition) is 4. The topological polar surface area (TPSA) is 75.4 Å². The molecule has 0 saturated carbocycles. The molecule has 1 aromatic rings. The Morgan fingerprint density at radius 3 is 2.74 bits per heavy atom. The number of carboxylic acid groups (broad SMARTS) is 1. The van der Waals surface area contributed by atoms with E-state index in [9.17, 15) is 14.7 Å². The summed E-state index contributed by atoms with van der Waals surface area (Å²) >= 11 is 1.52. The van der Waals surface area contributed by atoms with Crippen molar-refractivity contribution >= 4 is 23.6 Å². The zero-order valence-electron chi connectivity index (χ0n) is 11.2. The SMILES string of the molecule is CCC1SCC(C(=O)O)N1C(=O)c1cn(C)nc1C. The number of amides is 1. The number of aromatic nitrogens is 2. The number of hydrogen-bond donors (Lipinski definition) is 1. The fourth-order valence-electron chi connectivity index (χ4n) is 2.29. The van der Waals surface area contributed by atoms with E-state index < -0.39 is 12.0 Å². The number of aliphatic carboxylic acids is 1. The lowest BCUT2D eigenvalue weighted by Crippen LogP contribution is -2.45. The van der Waals surface area contributed by atoms with E-state index in [1.165, 1.54) is 16.7 Å². The van der Waals surface area contributed by atoms with E-state index in [1.54, 1.807) is 24.9 Å². The van der Waals surface area contributed by atoms with E-state index in [2.05, 4.69) is 5.10 Å². The van der Waals surface area contributed by atoms with Gasteiger partial charge < -0.3 is 10.0 Å². The summed E-state index contributed by atoms with van der Waals surface area (Å²) in [6.07, 6.45) is 2.38. The van der Waals surface area contributed by atoms with Crippen LogP contribution in [0.3, 0.4) is 0 Å². The second kappa shape index (κ2) is 5.24. The van der Waals surface area contributed by atoms with Gasteiger partial charge in [0.1, 0.15) is 6.04 Å². The van der Waals surface area contributed by atoms with Crippen molar-refractivity contribution in [3.63, 3.8) is 0 Å². The second-order valence-corrected chi connectivity index (χ2v) is 5.78. The Balaban J connectivity index is 2.33. The summed E-state index contributed by atoms with van der Waals surface area (Å²) in [5, 5.41) is 13.3. The molecule has 19 heavy (non-hydrogen) atoms. The van der Waals surface area contributed by atoms with E-state index in [-0.39, 0.29) is 11.3 Å². The number of thioether (sulfide) groups is 1. The quantitative estimate of drug-likeness (QED) is 0.899. The summed E-state index contributed by atoms with van der Waals surface area (Å²) in [7, 11) is 1.74. The first-order chi connectivity index (χ1) is 8.95. The number of carbonyl (C=O) groups excluding carboxylic acids is 1. The molecule has 2 unspecified atom stereocenters. The van der Waals surface area contributed by atoms with Crippen LogP contribution in [0.4, 0.5) is 0 Å². The Morgan fingerprint density at radius 2 is 2.26 bits per heavy atom. The third-order valence-electron chi connectivity index (χ3n) is 3.21. The fourth-order valence-corrected chi connectivity index (χ4v) is 3.64. The van der Waals surface area contributed by atoms with E-state index in [0.29, 0.717) is 17.0 Å². The highest BCUT2D eigenvalue weighted by Gasteiger charge is 2.41. The van der Waals surface area contributed by atoms with Crippen LogP contribution in [0.5, 0.6) is 0 Å². The van der Waals surface area contributed by atoms with E-state index in [1.807, 2.05) is 6.92 Å². The summed E-state index contributed by atoms with van der Waals surface area (Å²) in [5.74, 6) is -0.744. The van der Waals surface area contributed by atoms with Crippen LogP contribution in [-0.2, 0) is 11.8 Å². The molecule has 2 heterocycles. The van der Waals surface area contributed by atoms with Crippen molar-refractivity contribution in [3.05, 3.63) is 17.5 Å². The van der Waals surface area contributed by atoms with Gasteiger partial charge in [-0.25, -0.2) is 4.79 Å². The first-order valence-electron chi connectivity index (χ1n) is 6.13. The van der Waals surface area contributed by atoms with Crippen molar-refractivity contribution in [1.82, 2.24) is 14.7 Å². The predicted molar refractivity (Wildman–Crippen MR) is 72.1 cm³/mol. The standard InChI is InChI=1S/C12H17N3O3S/c1-4-10-15(9(6-19-10)12(17)18)11(16)8-5-14(3)13-7(8)2/h5,9-10H,4,6H2,1-3H3,(H,17,18). The van der Waals surface area contributed by atoms with Gasteiger partial charge in [-0.05, 0) is 13.3 Å². The zero-order chi connectivity index (χ0) is 14.2. The van der Waals surface area contributed by atoms with Crippen LogP contribution in [0.2, 0.25) is 0 Å². The van der Waals surface area contributed by atoms with Gasteiger partial charge in [-0.3, -0.25) is 9.48 Å². The van der Waals surface area contributed by atoms with Gasteiger partial charge in [-0.2, -0.15) is 5.10 Å². The lowest BCUT2D eigenvalue weighted by atomic mass is 10.2. The van der Waals surface area contributed by atoms with Gasteiger partial charge >= 0.3 is 5.97 Å². The van der Waals surface area contributed by atoms with Crippen molar-refractivity contribution < 1.29 is 14.7 Å². The molecule has 1 aromatic heterocycles. The summed E-state index contributed by atoms with van der Waals surface area (Å²) < 4.78 is 1.57. The maximum absolute atomic E-state index is 12.6.